The summed E-state index contributed by atoms with van der Waals surface area (Å²) >= 11 is 0. The second-order valence-electron chi connectivity index (χ2n) is 5.59. The van der Waals surface area contributed by atoms with Gasteiger partial charge in [-0.3, -0.25) is 4.79 Å². The molecule has 1 aromatic heterocycles. The minimum atomic E-state index is -4.77. The van der Waals surface area contributed by atoms with Crippen molar-refractivity contribution in [3.05, 3.63) is 47.3 Å². The van der Waals surface area contributed by atoms with Gasteiger partial charge in [-0.25, -0.2) is 14.1 Å². The summed E-state index contributed by atoms with van der Waals surface area (Å²) in [5.74, 6) is -1.27. The molecule has 3 rings (SSSR count). The summed E-state index contributed by atoms with van der Waals surface area (Å²) in [5.41, 5.74) is -1.53. The molecule has 128 valence electrons. The lowest BCUT2D eigenvalue weighted by atomic mass is 9.98. The first kappa shape index (κ1) is 16.4. The van der Waals surface area contributed by atoms with Crippen molar-refractivity contribution in [3.63, 3.8) is 0 Å². The third-order valence-electron chi connectivity index (χ3n) is 4.01. The van der Waals surface area contributed by atoms with Gasteiger partial charge < -0.3 is 5.32 Å². The van der Waals surface area contributed by atoms with E-state index in [1.54, 1.807) is 4.68 Å². The van der Waals surface area contributed by atoms with Gasteiger partial charge in [-0.2, -0.15) is 18.3 Å². The monoisotopic (exact) mass is 342 g/mol. The molecule has 1 aliphatic rings. The molecule has 1 aliphatic heterocycles. The number of nitrogens with one attached hydrogen (secondary N) is 1. The van der Waals surface area contributed by atoms with Gasteiger partial charge >= 0.3 is 6.18 Å². The van der Waals surface area contributed by atoms with Crippen LogP contribution in [0.1, 0.15) is 23.4 Å². The number of hydrogen-bond acceptors (Lipinski definition) is 3. The second-order valence-corrected chi connectivity index (χ2v) is 5.59. The summed E-state index contributed by atoms with van der Waals surface area (Å²) in [6, 6.07) is 3.02. The van der Waals surface area contributed by atoms with Crippen molar-refractivity contribution in [1.29, 1.82) is 0 Å². The van der Waals surface area contributed by atoms with Crippen LogP contribution in [0.3, 0.4) is 0 Å². The van der Waals surface area contributed by atoms with Crippen molar-refractivity contribution >= 4 is 5.91 Å². The molecule has 0 fully saturated rings. The first-order valence-corrected chi connectivity index (χ1v) is 7.35. The van der Waals surface area contributed by atoms with E-state index < -0.39 is 17.6 Å². The molecular weight excluding hydrogens is 328 g/mol. The first-order chi connectivity index (χ1) is 11.4. The highest BCUT2D eigenvalue weighted by Gasteiger charge is 2.35. The number of hydrogen-bond donors (Lipinski definition) is 1. The minimum Gasteiger partial charge on any atom is -0.352 e. The number of benzene rings is 1. The Hall–Kier alpha value is -2.45. The minimum absolute atomic E-state index is 0.199. The van der Waals surface area contributed by atoms with E-state index >= 15 is 0 Å². The number of carbonyl (C=O) groups excluding carboxylic acids is 1. The predicted octanol–water partition coefficient (Wildman–Crippen LogP) is 2.31. The lowest BCUT2D eigenvalue weighted by Crippen LogP contribution is -2.36. The number of nitrogens with zero attached hydrogens (tertiary/aromatic N) is 3. The Morgan fingerprint density at radius 1 is 1.38 bits per heavy atom. The zero-order chi connectivity index (χ0) is 17.3. The summed E-state index contributed by atoms with van der Waals surface area (Å²) in [6.45, 7) is 0.0571. The quantitative estimate of drug-likeness (QED) is 0.871. The highest BCUT2D eigenvalue weighted by molar-refractivity contribution is 5.78. The fraction of sp³-hybridized carbons (Fsp3) is 0.400. The Bertz CT molecular complexity index is 756. The van der Waals surface area contributed by atoms with Crippen molar-refractivity contribution in [1.82, 2.24) is 20.1 Å². The van der Waals surface area contributed by atoms with E-state index in [1.807, 2.05) is 0 Å². The Kier molecular flexibility index (Phi) is 4.25. The van der Waals surface area contributed by atoms with Crippen LogP contribution >= 0.6 is 0 Å². The maximum absolute atomic E-state index is 13.9. The number of halogens is 4. The van der Waals surface area contributed by atoms with E-state index in [1.165, 1.54) is 12.4 Å². The molecule has 1 N–H and O–H groups in total. The maximum Gasteiger partial charge on any atom is 0.419 e. The fourth-order valence-electron chi connectivity index (χ4n) is 2.71. The molecule has 0 saturated carbocycles. The molecule has 1 unspecified atom stereocenters. The van der Waals surface area contributed by atoms with Crippen molar-refractivity contribution in [3.8, 4) is 0 Å². The van der Waals surface area contributed by atoms with Gasteiger partial charge in [0.05, 0.1) is 18.0 Å². The number of alkyl halides is 3. The van der Waals surface area contributed by atoms with Crippen LogP contribution in [0, 0.1) is 11.7 Å². The van der Waals surface area contributed by atoms with Gasteiger partial charge in [0, 0.05) is 18.5 Å². The number of aryl methyl sites for hydroxylation is 1. The molecule has 1 amide bonds. The third kappa shape index (κ3) is 3.24. The van der Waals surface area contributed by atoms with Crippen LogP contribution in [0.2, 0.25) is 0 Å². The molecule has 24 heavy (non-hydrogen) atoms. The van der Waals surface area contributed by atoms with Crippen molar-refractivity contribution in [2.24, 2.45) is 5.92 Å². The molecule has 0 radical (unpaired) electrons. The average Bonchev–Trinajstić information content (AvgIpc) is 3.00. The number of carbonyl (C=O) groups is 1. The molecule has 2 aromatic rings. The summed E-state index contributed by atoms with van der Waals surface area (Å²) in [6.07, 6.45) is -2.20. The maximum atomic E-state index is 13.9. The van der Waals surface area contributed by atoms with Gasteiger partial charge in [0.25, 0.3) is 0 Å². The molecule has 5 nitrogen and oxygen atoms in total. The smallest absolute Gasteiger partial charge is 0.352 e. The number of rotatable bonds is 3. The lowest BCUT2D eigenvalue weighted by molar-refractivity contribution is -0.140. The van der Waals surface area contributed by atoms with Gasteiger partial charge in [-0.05, 0) is 12.5 Å². The van der Waals surface area contributed by atoms with Gasteiger partial charge in [-0.1, -0.05) is 12.1 Å². The van der Waals surface area contributed by atoms with Crippen molar-refractivity contribution < 1.29 is 22.4 Å². The van der Waals surface area contributed by atoms with Crippen LogP contribution in [-0.2, 0) is 30.5 Å². The molecule has 0 bridgehead atoms. The highest BCUT2D eigenvalue weighted by Crippen LogP contribution is 2.32. The molecular formula is C15H14F4N4O. The second kappa shape index (κ2) is 6.21. The molecule has 0 spiro atoms. The van der Waals surface area contributed by atoms with Crippen LogP contribution < -0.4 is 5.32 Å². The van der Waals surface area contributed by atoms with Crippen molar-refractivity contribution in [2.75, 3.05) is 0 Å². The van der Waals surface area contributed by atoms with E-state index in [0.717, 1.165) is 11.9 Å². The predicted molar refractivity (Wildman–Crippen MR) is 75.1 cm³/mol. The SMILES string of the molecule is O=C(NCc1cccc(C(F)(F)F)c1F)C1CCc2ncnn2C1. The summed E-state index contributed by atoms with van der Waals surface area (Å²) in [7, 11) is 0. The van der Waals surface area contributed by atoms with Gasteiger partial charge in [0.15, 0.2) is 0 Å². The molecule has 2 heterocycles. The van der Waals surface area contributed by atoms with Gasteiger partial charge in [0.2, 0.25) is 5.91 Å². The zero-order valence-corrected chi connectivity index (χ0v) is 12.5. The Morgan fingerprint density at radius 3 is 2.92 bits per heavy atom. The van der Waals surface area contributed by atoms with Gasteiger partial charge in [0.1, 0.15) is 18.0 Å². The molecule has 9 heteroatoms. The molecule has 0 aliphatic carbocycles. The lowest BCUT2D eigenvalue weighted by Gasteiger charge is -2.22. The number of fused-ring (bicyclic) bond motifs is 1. The molecule has 1 atom stereocenters. The number of amides is 1. The Morgan fingerprint density at radius 2 is 2.17 bits per heavy atom. The average molecular weight is 342 g/mol. The fourth-order valence-corrected chi connectivity index (χ4v) is 2.71. The van der Waals surface area contributed by atoms with E-state index in [4.69, 9.17) is 0 Å². The highest BCUT2D eigenvalue weighted by atomic mass is 19.4. The zero-order valence-electron chi connectivity index (χ0n) is 12.5. The summed E-state index contributed by atoms with van der Waals surface area (Å²) in [5, 5.41) is 6.50. The van der Waals surface area contributed by atoms with Crippen LogP contribution in [-0.4, -0.2) is 20.7 Å². The Balaban J connectivity index is 1.65. The standard InChI is InChI=1S/C15H14F4N4O/c16-13-9(2-1-3-11(13)15(17,18)19)6-20-14(24)10-4-5-12-21-8-22-23(12)7-10/h1-3,8,10H,4-7H2,(H,20,24). The van der Waals surface area contributed by atoms with E-state index in [-0.39, 0.29) is 23.9 Å². The largest absolute Gasteiger partial charge is 0.419 e. The normalized spacial score (nSPS) is 17.4. The van der Waals surface area contributed by atoms with Crippen LogP contribution in [0.15, 0.2) is 24.5 Å². The van der Waals surface area contributed by atoms with Gasteiger partial charge in [-0.15, -0.1) is 0 Å². The molecule has 1 aromatic carbocycles. The number of aromatic nitrogens is 3. The van der Waals surface area contributed by atoms with Crippen LogP contribution in [0.4, 0.5) is 17.6 Å². The van der Waals surface area contributed by atoms with E-state index in [9.17, 15) is 22.4 Å². The Labute approximate surface area is 134 Å². The summed E-state index contributed by atoms with van der Waals surface area (Å²) in [4.78, 5) is 16.2. The van der Waals surface area contributed by atoms with Crippen LogP contribution in [0.25, 0.3) is 0 Å². The third-order valence-corrected chi connectivity index (χ3v) is 4.01. The summed E-state index contributed by atoms with van der Waals surface area (Å²) < 4.78 is 53.6. The van der Waals surface area contributed by atoms with Crippen LogP contribution in [0.5, 0.6) is 0 Å². The van der Waals surface area contributed by atoms with Crippen molar-refractivity contribution in [2.45, 2.75) is 32.1 Å². The topological polar surface area (TPSA) is 59.8 Å². The van der Waals surface area contributed by atoms with E-state index in [2.05, 4.69) is 15.4 Å². The van der Waals surface area contributed by atoms with E-state index in [0.29, 0.717) is 25.5 Å². The first-order valence-electron chi connectivity index (χ1n) is 7.35. The molecule has 0 saturated heterocycles.